The van der Waals surface area contributed by atoms with Gasteiger partial charge in [-0.3, -0.25) is 4.68 Å². The molecule has 0 bridgehead atoms. The molecule has 0 aliphatic carbocycles. The quantitative estimate of drug-likeness (QED) is 0.804. The second-order valence-corrected chi connectivity index (χ2v) is 6.31. The van der Waals surface area contributed by atoms with Crippen LogP contribution >= 0.6 is 0 Å². The van der Waals surface area contributed by atoms with Gasteiger partial charge in [0.05, 0.1) is 19.3 Å². The van der Waals surface area contributed by atoms with Crippen LogP contribution in [0.15, 0.2) is 42.7 Å². The second-order valence-electron chi connectivity index (χ2n) is 6.31. The molecule has 0 amide bonds. The SMILES string of the molecule is CC1Cc2nc(N)nn2CC1c1cnn(Cc2ccccc2)c1. The lowest BCUT2D eigenvalue weighted by Gasteiger charge is -2.27. The molecular weight excluding hydrogens is 288 g/mol. The highest BCUT2D eigenvalue weighted by atomic mass is 15.4. The van der Waals surface area contributed by atoms with Crippen LogP contribution in [-0.2, 0) is 19.5 Å². The zero-order valence-corrected chi connectivity index (χ0v) is 13.1. The van der Waals surface area contributed by atoms with Crippen LogP contribution in [0.1, 0.15) is 29.8 Å². The van der Waals surface area contributed by atoms with Gasteiger partial charge in [0.15, 0.2) is 0 Å². The average molecular weight is 308 g/mol. The summed E-state index contributed by atoms with van der Waals surface area (Å²) in [4.78, 5) is 4.30. The van der Waals surface area contributed by atoms with E-state index in [1.54, 1.807) is 0 Å². The van der Waals surface area contributed by atoms with Crippen molar-refractivity contribution < 1.29 is 0 Å². The Morgan fingerprint density at radius 2 is 2.09 bits per heavy atom. The maximum atomic E-state index is 5.72. The summed E-state index contributed by atoms with van der Waals surface area (Å²) in [5, 5.41) is 8.82. The third-order valence-electron chi connectivity index (χ3n) is 4.59. The third-order valence-corrected chi connectivity index (χ3v) is 4.59. The first kappa shape index (κ1) is 14.0. The second kappa shape index (κ2) is 5.53. The Hall–Kier alpha value is -2.63. The molecule has 1 aromatic carbocycles. The largest absolute Gasteiger partial charge is 0.366 e. The molecule has 0 spiro atoms. The summed E-state index contributed by atoms with van der Waals surface area (Å²) >= 11 is 0. The average Bonchev–Trinajstić information content (AvgIpc) is 3.13. The van der Waals surface area contributed by atoms with Crippen LogP contribution in [-0.4, -0.2) is 24.5 Å². The molecule has 2 aromatic heterocycles. The summed E-state index contributed by atoms with van der Waals surface area (Å²) in [6, 6.07) is 10.4. The molecule has 1 aliphatic heterocycles. The summed E-state index contributed by atoms with van der Waals surface area (Å²) in [5.41, 5.74) is 8.23. The minimum absolute atomic E-state index is 0.368. The Balaban J connectivity index is 1.55. The third kappa shape index (κ3) is 2.72. The number of aromatic nitrogens is 5. The molecule has 0 saturated heterocycles. The molecular formula is C17H20N6. The Morgan fingerprint density at radius 3 is 2.91 bits per heavy atom. The first-order chi connectivity index (χ1) is 11.2. The fraction of sp³-hybridized carbons (Fsp3) is 0.353. The lowest BCUT2D eigenvalue weighted by atomic mass is 9.84. The van der Waals surface area contributed by atoms with E-state index in [9.17, 15) is 0 Å². The van der Waals surface area contributed by atoms with E-state index in [4.69, 9.17) is 5.73 Å². The zero-order valence-electron chi connectivity index (χ0n) is 13.1. The number of fused-ring (bicyclic) bond motifs is 1. The molecule has 23 heavy (non-hydrogen) atoms. The smallest absolute Gasteiger partial charge is 0.239 e. The van der Waals surface area contributed by atoms with Gasteiger partial charge in [0.2, 0.25) is 5.95 Å². The van der Waals surface area contributed by atoms with Crippen LogP contribution in [0.25, 0.3) is 0 Å². The molecule has 0 saturated carbocycles. The van der Waals surface area contributed by atoms with Crippen molar-refractivity contribution in [3.63, 3.8) is 0 Å². The molecule has 1 aliphatic rings. The van der Waals surface area contributed by atoms with Gasteiger partial charge in [-0.1, -0.05) is 37.3 Å². The van der Waals surface area contributed by atoms with Crippen LogP contribution < -0.4 is 5.73 Å². The van der Waals surface area contributed by atoms with E-state index in [1.165, 1.54) is 11.1 Å². The number of nitrogen functional groups attached to an aromatic ring is 1. The Labute approximate surface area is 135 Å². The Morgan fingerprint density at radius 1 is 1.26 bits per heavy atom. The van der Waals surface area contributed by atoms with Crippen LogP contribution in [0.4, 0.5) is 5.95 Å². The van der Waals surface area contributed by atoms with Gasteiger partial charge in [0, 0.05) is 18.5 Å². The number of benzene rings is 1. The van der Waals surface area contributed by atoms with Crippen molar-refractivity contribution in [3.05, 3.63) is 59.7 Å². The number of hydrogen-bond donors (Lipinski definition) is 1. The van der Waals surface area contributed by atoms with Gasteiger partial charge in [-0.05, 0) is 17.0 Å². The van der Waals surface area contributed by atoms with E-state index in [1.807, 2.05) is 21.6 Å². The fourth-order valence-electron chi connectivity index (χ4n) is 3.35. The van der Waals surface area contributed by atoms with E-state index in [-0.39, 0.29) is 0 Å². The van der Waals surface area contributed by atoms with E-state index in [2.05, 4.69) is 52.6 Å². The van der Waals surface area contributed by atoms with Crippen molar-refractivity contribution in [2.24, 2.45) is 5.92 Å². The van der Waals surface area contributed by atoms with Gasteiger partial charge in [-0.2, -0.15) is 10.1 Å². The first-order valence-corrected chi connectivity index (χ1v) is 7.94. The normalized spacial score (nSPS) is 20.4. The summed E-state index contributed by atoms with van der Waals surface area (Å²) in [7, 11) is 0. The van der Waals surface area contributed by atoms with Gasteiger partial charge in [0.25, 0.3) is 0 Å². The minimum atomic E-state index is 0.368. The van der Waals surface area contributed by atoms with Crippen molar-refractivity contribution in [2.45, 2.75) is 32.4 Å². The van der Waals surface area contributed by atoms with E-state index >= 15 is 0 Å². The minimum Gasteiger partial charge on any atom is -0.366 e. The lowest BCUT2D eigenvalue weighted by Crippen LogP contribution is -2.26. The number of nitrogens with zero attached hydrogens (tertiary/aromatic N) is 5. The Bertz CT molecular complexity index is 804. The van der Waals surface area contributed by atoms with Gasteiger partial charge in [-0.25, -0.2) is 4.68 Å². The molecule has 3 heterocycles. The maximum Gasteiger partial charge on any atom is 0.239 e. The topological polar surface area (TPSA) is 74.6 Å². The van der Waals surface area contributed by atoms with Gasteiger partial charge in [0.1, 0.15) is 5.82 Å². The number of anilines is 1. The molecule has 2 N–H and O–H groups in total. The van der Waals surface area contributed by atoms with Crippen molar-refractivity contribution in [3.8, 4) is 0 Å². The maximum absolute atomic E-state index is 5.72. The molecule has 2 unspecified atom stereocenters. The van der Waals surface area contributed by atoms with E-state index in [0.717, 1.165) is 25.3 Å². The van der Waals surface area contributed by atoms with Gasteiger partial charge >= 0.3 is 0 Å². The first-order valence-electron chi connectivity index (χ1n) is 7.94. The highest BCUT2D eigenvalue weighted by Crippen LogP contribution is 2.32. The number of hydrogen-bond acceptors (Lipinski definition) is 4. The molecule has 6 nitrogen and oxygen atoms in total. The summed E-state index contributed by atoms with van der Waals surface area (Å²) in [5.74, 6) is 2.25. The number of nitrogens with two attached hydrogens (primary N) is 1. The van der Waals surface area contributed by atoms with Crippen molar-refractivity contribution in [2.75, 3.05) is 5.73 Å². The Kier molecular flexibility index (Phi) is 3.37. The zero-order chi connectivity index (χ0) is 15.8. The van der Waals surface area contributed by atoms with Crippen molar-refractivity contribution in [1.29, 1.82) is 0 Å². The molecule has 2 atom stereocenters. The molecule has 4 rings (SSSR count). The highest BCUT2D eigenvalue weighted by molar-refractivity contribution is 5.21. The molecule has 3 aromatic rings. The molecule has 6 heteroatoms. The lowest BCUT2D eigenvalue weighted by molar-refractivity contribution is 0.330. The van der Waals surface area contributed by atoms with Crippen LogP contribution in [0, 0.1) is 5.92 Å². The van der Waals surface area contributed by atoms with Crippen LogP contribution in [0.2, 0.25) is 0 Å². The molecule has 0 radical (unpaired) electrons. The standard InChI is InChI=1S/C17H20N6/c1-12-7-16-20-17(18)21-23(16)11-15(12)14-8-19-22(10-14)9-13-5-3-2-4-6-13/h2-6,8,10,12,15H,7,9,11H2,1H3,(H2,18,21). The van der Waals surface area contributed by atoms with Gasteiger partial charge < -0.3 is 5.73 Å². The molecule has 0 fully saturated rings. The van der Waals surface area contributed by atoms with Crippen LogP contribution in [0.5, 0.6) is 0 Å². The fourth-order valence-corrected chi connectivity index (χ4v) is 3.35. The molecule has 118 valence electrons. The number of rotatable bonds is 3. The predicted octanol–water partition coefficient (Wildman–Crippen LogP) is 2.08. The highest BCUT2D eigenvalue weighted by Gasteiger charge is 2.29. The predicted molar refractivity (Wildman–Crippen MR) is 87.8 cm³/mol. The monoisotopic (exact) mass is 308 g/mol. The van der Waals surface area contributed by atoms with Crippen molar-refractivity contribution >= 4 is 5.95 Å². The summed E-state index contributed by atoms with van der Waals surface area (Å²) in [6.45, 7) is 3.87. The summed E-state index contributed by atoms with van der Waals surface area (Å²) < 4.78 is 3.94. The van der Waals surface area contributed by atoms with Crippen molar-refractivity contribution in [1.82, 2.24) is 24.5 Å². The summed E-state index contributed by atoms with van der Waals surface area (Å²) in [6.07, 6.45) is 5.04. The van der Waals surface area contributed by atoms with Crippen LogP contribution in [0.3, 0.4) is 0 Å². The van der Waals surface area contributed by atoms with E-state index < -0.39 is 0 Å². The van der Waals surface area contributed by atoms with Gasteiger partial charge in [-0.15, -0.1) is 5.10 Å². The van der Waals surface area contributed by atoms with E-state index in [0.29, 0.717) is 17.8 Å².